The summed E-state index contributed by atoms with van der Waals surface area (Å²) >= 11 is 0. The van der Waals surface area contributed by atoms with Crippen molar-refractivity contribution in [2.24, 2.45) is 0 Å². The van der Waals surface area contributed by atoms with E-state index < -0.39 is 0 Å². The highest BCUT2D eigenvalue weighted by Gasteiger charge is 2.06. The number of hydrogen-bond donors (Lipinski definition) is 0. The molecule has 0 spiro atoms. The number of rotatable bonds is 1. The molecular formula is C10H16BN. The van der Waals surface area contributed by atoms with Gasteiger partial charge in [-0.3, -0.25) is 4.98 Å². The molecule has 1 heterocycles. The second kappa shape index (κ2) is 3.30. The highest BCUT2D eigenvalue weighted by molar-refractivity contribution is 6.33. The Morgan fingerprint density at radius 2 is 2.08 bits per heavy atom. The maximum absolute atomic E-state index is 7.88. The molecule has 0 aromatic carbocycles. The Hall–Kier alpha value is -0.785. The van der Waals surface area contributed by atoms with Crippen molar-refractivity contribution in [2.45, 2.75) is 33.6 Å². The first-order chi connectivity index (χ1) is 5.95. The van der Waals surface area contributed by atoms with Gasteiger partial charge >= 0.3 is 0 Å². The van der Waals surface area contributed by atoms with Crippen LogP contribution < -0.4 is 5.46 Å². The molecule has 1 rings (SSSR count). The van der Waals surface area contributed by atoms with Gasteiger partial charge in [0, 0.05) is 11.4 Å². The molecule has 0 saturated carbocycles. The monoisotopic (exact) mass is 162 g/mol. The van der Waals surface area contributed by atoms with Gasteiger partial charge < -0.3 is 0 Å². The zero-order valence-corrected chi connectivity index (χ0v) is 8.52. The van der Waals surface area contributed by atoms with Gasteiger partial charge in [0.2, 0.25) is 0 Å². The van der Waals surface area contributed by atoms with E-state index in [1.165, 1.54) is 0 Å². The summed E-state index contributed by atoms with van der Waals surface area (Å²) in [5.41, 5.74) is 4.08. The predicted octanol–water partition coefficient (Wildman–Crippen LogP) is 1.08. The number of aromatic nitrogens is 1. The minimum Gasteiger partial charge on any atom is -0.258 e. The Bertz CT molecular complexity index is 334. The molecule has 0 radical (unpaired) electrons. The smallest absolute Gasteiger partial charge is 0.141 e. The van der Waals surface area contributed by atoms with E-state index in [1.54, 1.807) is 0 Å². The Morgan fingerprint density at radius 1 is 1.50 bits per heavy atom. The highest BCUT2D eigenvalue weighted by Crippen LogP contribution is 2.11. The van der Waals surface area contributed by atoms with Crippen molar-refractivity contribution in [3.8, 4) is 0 Å². The molecule has 0 saturated heterocycles. The molecular weight excluding hydrogens is 145 g/mol. The summed E-state index contributed by atoms with van der Waals surface area (Å²) in [6, 6.07) is 0.649. The molecule has 0 unspecified atom stereocenters. The van der Waals surface area contributed by atoms with E-state index in [4.69, 9.17) is 1.37 Å². The van der Waals surface area contributed by atoms with Gasteiger partial charge in [0.15, 0.2) is 0 Å². The van der Waals surface area contributed by atoms with Crippen LogP contribution in [0.3, 0.4) is 0 Å². The zero-order valence-electron chi connectivity index (χ0n) is 9.52. The molecule has 0 N–H and O–H groups in total. The first-order valence-corrected chi connectivity index (χ1v) is 4.39. The van der Waals surface area contributed by atoms with E-state index in [0.717, 1.165) is 22.4 Å². The molecule has 0 amide bonds. The maximum atomic E-state index is 7.88. The lowest BCUT2D eigenvalue weighted by Gasteiger charge is -2.11. The summed E-state index contributed by atoms with van der Waals surface area (Å²) < 4.78 is 7.88. The van der Waals surface area contributed by atoms with Gasteiger partial charge in [-0.05, 0) is 25.3 Å². The quantitative estimate of drug-likeness (QED) is 0.563. The third-order valence-corrected chi connectivity index (χ3v) is 2.14. The summed E-state index contributed by atoms with van der Waals surface area (Å²) in [7, 11) is 1.98. The Kier molecular flexibility index (Phi) is 2.16. The number of nitrogens with zero attached hydrogens (tertiary/aromatic N) is 1. The summed E-state index contributed by atoms with van der Waals surface area (Å²) in [6.45, 7) is 8.16. The lowest BCUT2D eigenvalue weighted by atomic mass is 9.88. The van der Waals surface area contributed by atoms with Crippen LogP contribution in [-0.2, 0) is 0 Å². The fourth-order valence-corrected chi connectivity index (χ4v) is 1.35. The first kappa shape index (κ1) is 7.84. The van der Waals surface area contributed by atoms with Crippen molar-refractivity contribution < 1.29 is 1.37 Å². The largest absolute Gasteiger partial charge is 0.258 e. The van der Waals surface area contributed by atoms with Gasteiger partial charge in [-0.2, -0.15) is 0 Å². The van der Waals surface area contributed by atoms with E-state index in [0.29, 0.717) is 12.0 Å². The van der Waals surface area contributed by atoms with Gasteiger partial charge in [-0.15, -0.1) is 0 Å². The molecule has 0 aliphatic carbocycles. The van der Waals surface area contributed by atoms with Gasteiger partial charge in [0.25, 0.3) is 0 Å². The topological polar surface area (TPSA) is 12.9 Å². The lowest BCUT2D eigenvalue weighted by Crippen LogP contribution is -2.16. The lowest BCUT2D eigenvalue weighted by molar-refractivity contribution is 0.821. The van der Waals surface area contributed by atoms with Crippen LogP contribution in [0, 0.1) is 13.8 Å². The first-order valence-electron chi connectivity index (χ1n) is 4.89. The molecule has 0 aliphatic heterocycles. The average Bonchev–Trinajstić information content (AvgIpc) is 2.07. The molecule has 0 atom stereocenters. The van der Waals surface area contributed by atoms with E-state index in [-0.39, 0.29) is 0 Å². The van der Waals surface area contributed by atoms with Gasteiger partial charge in [0.1, 0.15) is 7.85 Å². The number of hydrogen-bond acceptors (Lipinski definition) is 1. The van der Waals surface area contributed by atoms with Crippen LogP contribution >= 0.6 is 0 Å². The SMILES string of the molecule is [2H]c1c(B)c(C(C)C)nc(C)c1C. The molecule has 0 bridgehead atoms. The summed E-state index contributed by atoms with van der Waals surface area (Å²) in [6.07, 6.45) is 0. The van der Waals surface area contributed by atoms with Crippen LogP contribution in [0.4, 0.5) is 0 Å². The molecule has 0 fully saturated rings. The normalized spacial score (nSPS) is 11.9. The van der Waals surface area contributed by atoms with Crippen LogP contribution in [-0.4, -0.2) is 12.8 Å². The van der Waals surface area contributed by atoms with Crippen molar-refractivity contribution in [1.29, 1.82) is 0 Å². The maximum Gasteiger partial charge on any atom is 0.141 e. The predicted molar refractivity (Wildman–Crippen MR) is 56.0 cm³/mol. The van der Waals surface area contributed by atoms with Crippen molar-refractivity contribution >= 4 is 13.3 Å². The second-order valence-corrected chi connectivity index (χ2v) is 3.61. The van der Waals surface area contributed by atoms with E-state index in [2.05, 4.69) is 18.8 Å². The van der Waals surface area contributed by atoms with Crippen LogP contribution in [0.15, 0.2) is 6.04 Å². The van der Waals surface area contributed by atoms with Gasteiger partial charge in [0.05, 0.1) is 1.37 Å². The van der Waals surface area contributed by atoms with Crippen molar-refractivity contribution in [3.05, 3.63) is 23.0 Å². The van der Waals surface area contributed by atoms with E-state index in [9.17, 15) is 0 Å². The Morgan fingerprint density at radius 3 is 2.58 bits per heavy atom. The van der Waals surface area contributed by atoms with Crippen LogP contribution in [0.5, 0.6) is 0 Å². The minimum absolute atomic E-state index is 0.406. The van der Waals surface area contributed by atoms with E-state index in [1.807, 2.05) is 21.7 Å². The molecule has 2 heteroatoms. The Labute approximate surface area is 77.0 Å². The zero-order chi connectivity index (χ0) is 10.2. The molecule has 0 aliphatic rings. The molecule has 12 heavy (non-hydrogen) atoms. The summed E-state index contributed by atoms with van der Waals surface area (Å²) in [5.74, 6) is 0.406. The average molecular weight is 162 g/mol. The third kappa shape index (κ3) is 1.68. The third-order valence-electron chi connectivity index (χ3n) is 2.14. The number of pyridine rings is 1. The van der Waals surface area contributed by atoms with E-state index >= 15 is 0 Å². The summed E-state index contributed by atoms with van der Waals surface area (Å²) in [5, 5.41) is 0. The highest BCUT2D eigenvalue weighted by atomic mass is 14.7. The fourth-order valence-electron chi connectivity index (χ4n) is 1.35. The molecule has 1 aromatic heterocycles. The van der Waals surface area contributed by atoms with Crippen molar-refractivity contribution in [1.82, 2.24) is 4.98 Å². The summed E-state index contributed by atoms with van der Waals surface area (Å²) in [4.78, 5) is 4.51. The molecule has 64 valence electrons. The number of aryl methyl sites for hydroxylation is 1. The van der Waals surface area contributed by atoms with Crippen LogP contribution in [0.1, 0.15) is 38.1 Å². The fraction of sp³-hybridized carbons (Fsp3) is 0.500. The van der Waals surface area contributed by atoms with Gasteiger partial charge in [-0.25, -0.2) is 0 Å². The molecule has 1 aromatic rings. The van der Waals surface area contributed by atoms with Crippen LogP contribution in [0.25, 0.3) is 0 Å². The molecule has 1 nitrogen and oxygen atoms in total. The minimum atomic E-state index is 0.406. The van der Waals surface area contributed by atoms with Crippen molar-refractivity contribution in [3.63, 3.8) is 0 Å². The Balaban J connectivity index is 3.41. The van der Waals surface area contributed by atoms with Crippen LogP contribution in [0.2, 0.25) is 0 Å². The van der Waals surface area contributed by atoms with Gasteiger partial charge in [-0.1, -0.05) is 25.4 Å². The van der Waals surface area contributed by atoms with Crippen molar-refractivity contribution in [2.75, 3.05) is 0 Å². The standard InChI is InChI=1S/C10H16BN/c1-6(2)10-9(11)5-7(3)8(4)12-10/h5-6H,11H2,1-4H3/i5D. The second-order valence-electron chi connectivity index (χ2n) is 3.61.